The molecule has 0 aliphatic carbocycles. The van der Waals surface area contributed by atoms with Crippen molar-refractivity contribution in [1.82, 2.24) is 0 Å². The first-order chi connectivity index (χ1) is 9.78. The van der Waals surface area contributed by atoms with Gasteiger partial charge < -0.3 is 10.5 Å². The summed E-state index contributed by atoms with van der Waals surface area (Å²) >= 11 is 0. The summed E-state index contributed by atoms with van der Waals surface area (Å²) in [6.45, 7) is 0.484. The van der Waals surface area contributed by atoms with E-state index in [2.05, 4.69) is 0 Å². The third kappa shape index (κ3) is 3.88. The minimum Gasteiger partial charge on any atom is -0.377 e. The maximum absolute atomic E-state index is 13.2. The van der Waals surface area contributed by atoms with Crippen LogP contribution in [0.3, 0.4) is 0 Å². The summed E-state index contributed by atoms with van der Waals surface area (Å²) in [5.41, 5.74) is 4.20. The number of sulfonamides is 1. The van der Waals surface area contributed by atoms with Gasteiger partial charge in [0, 0.05) is 12.7 Å². The SMILES string of the molecule is NC(=O)c1cc(F)c(F)cc1NS(=O)(=O)C[C@H]1CCCO1. The quantitative estimate of drug-likeness (QED) is 0.845. The summed E-state index contributed by atoms with van der Waals surface area (Å²) in [5, 5.41) is 0. The number of rotatable bonds is 5. The van der Waals surface area contributed by atoms with E-state index in [1.54, 1.807) is 0 Å². The van der Waals surface area contributed by atoms with Gasteiger partial charge in [0.25, 0.3) is 5.91 Å². The largest absolute Gasteiger partial charge is 0.377 e. The first-order valence-corrected chi connectivity index (χ1v) is 7.84. The van der Waals surface area contributed by atoms with Crippen LogP contribution in [0.25, 0.3) is 0 Å². The number of carbonyl (C=O) groups is 1. The molecule has 1 heterocycles. The molecule has 21 heavy (non-hydrogen) atoms. The summed E-state index contributed by atoms with van der Waals surface area (Å²) in [4.78, 5) is 11.2. The zero-order chi connectivity index (χ0) is 15.6. The lowest BCUT2D eigenvalue weighted by Gasteiger charge is -2.14. The Morgan fingerprint density at radius 1 is 1.38 bits per heavy atom. The van der Waals surface area contributed by atoms with Crippen molar-refractivity contribution in [3.8, 4) is 0 Å². The second kappa shape index (κ2) is 5.94. The number of anilines is 1. The van der Waals surface area contributed by atoms with Gasteiger partial charge in [0.05, 0.1) is 23.1 Å². The second-order valence-corrected chi connectivity index (χ2v) is 6.46. The van der Waals surface area contributed by atoms with Crippen LogP contribution < -0.4 is 10.5 Å². The zero-order valence-corrected chi connectivity index (χ0v) is 11.8. The van der Waals surface area contributed by atoms with E-state index in [4.69, 9.17) is 10.5 Å². The van der Waals surface area contributed by atoms with E-state index in [-0.39, 0.29) is 11.4 Å². The minimum atomic E-state index is -3.88. The second-order valence-electron chi connectivity index (χ2n) is 4.69. The zero-order valence-electron chi connectivity index (χ0n) is 10.9. The molecule has 116 valence electrons. The number of halogens is 2. The molecule has 1 fully saturated rings. The molecule has 9 heteroatoms. The molecule has 1 aliphatic heterocycles. The van der Waals surface area contributed by atoms with E-state index in [1.165, 1.54) is 0 Å². The average Bonchev–Trinajstić information content (AvgIpc) is 2.84. The van der Waals surface area contributed by atoms with E-state index >= 15 is 0 Å². The lowest BCUT2D eigenvalue weighted by atomic mass is 10.1. The van der Waals surface area contributed by atoms with Crippen LogP contribution in [0.2, 0.25) is 0 Å². The number of nitrogens with two attached hydrogens (primary N) is 1. The molecule has 0 spiro atoms. The van der Waals surface area contributed by atoms with E-state index in [0.29, 0.717) is 25.2 Å². The number of carbonyl (C=O) groups excluding carboxylic acids is 1. The van der Waals surface area contributed by atoms with E-state index in [1.807, 2.05) is 4.72 Å². The third-order valence-corrected chi connectivity index (χ3v) is 4.36. The molecule has 6 nitrogen and oxygen atoms in total. The van der Waals surface area contributed by atoms with Gasteiger partial charge in [-0.15, -0.1) is 0 Å². The van der Waals surface area contributed by atoms with Gasteiger partial charge in [-0.1, -0.05) is 0 Å². The summed E-state index contributed by atoms with van der Waals surface area (Å²) in [6, 6.07) is 1.14. The predicted octanol–water partition coefficient (Wildman–Crippen LogP) is 0.984. The maximum Gasteiger partial charge on any atom is 0.250 e. The molecule has 0 saturated carbocycles. The highest BCUT2D eigenvalue weighted by molar-refractivity contribution is 7.92. The van der Waals surface area contributed by atoms with Crippen molar-refractivity contribution in [2.24, 2.45) is 5.73 Å². The first-order valence-electron chi connectivity index (χ1n) is 6.19. The Labute approximate surface area is 120 Å². The Bertz CT molecular complexity index is 657. The third-order valence-electron chi connectivity index (χ3n) is 3.02. The predicted molar refractivity (Wildman–Crippen MR) is 71.3 cm³/mol. The maximum atomic E-state index is 13.2. The highest BCUT2D eigenvalue weighted by Crippen LogP contribution is 2.22. The number of nitrogens with one attached hydrogen (secondary N) is 1. The normalized spacial score (nSPS) is 18.7. The van der Waals surface area contributed by atoms with Gasteiger partial charge in [-0.25, -0.2) is 17.2 Å². The molecule has 0 aromatic heterocycles. The van der Waals surface area contributed by atoms with Crippen molar-refractivity contribution in [2.75, 3.05) is 17.1 Å². The molecule has 1 aromatic rings. The number of amides is 1. The Morgan fingerprint density at radius 2 is 2.05 bits per heavy atom. The summed E-state index contributed by atoms with van der Waals surface area (Å²) in [7, 11) is -3.88. The average molecular weight is 320 g/mol. The molecule has 1 atom stereocenters. The van der Waals surface area contributed by atoms with Crippen molar-refractivity contribution in [2.45, 2.75) is 18.9 Å². The standard InChI is InChI=1S/C12H14F2N2O4S/c13-9-4-8(12(15)17)11(5-10(9)14)16-21(18,19)6-7-2-1-3-20-7/h4-5,7,16H,1-3,6H2,(H2,15,17)/t7-/m1/s1. The molecule has 2 rings (SSSR count). The Kier molecular flexibility index (Phi) is 4.43. The number of hydrogen-bond donors (Lipinski definition) is 2. The summed E-state index contributed by atoms with van der Waals surface area (Å²) in [6.07, 6.45) is 0.907. The van der Waals surface area contributed by atoms with Crippen molar-refractivity contribution in [3.05, 3.63) is 29.3 Å². The number of primary amides is 1. The van der Waals surface area contributed by atoms with Crippen LogP contribution in [0.5, 0.6) is 0 Å². The van der Waals surface area contributed by atoms with Crippen LogP contribution in [0.4, 0.5) is 14.5 Å². The lowest BCUT2D eigenvalue weighted by Crippen LogP contribution is -2.27. The van der Waals surface area contributed by atoms with Crippen LogP contribution in [0.1, 0.15) is 23.2 Å². The number of ether oxygens (including phenoxy) is 1. The molecule has 0 radical (unpaired) electrons. The topological polar surface area (TPSA) is 98.5 Å². The Hall–Kier alpha value is -1.74. The fourth-order valence-corrected chi connectivity index (χ4v) is 3.40. The van der Waals surface area contributed by atoms with Crippen LogP contribution in [-0.4, -0.2) is 32.8 Å². The highest BCUT2D eigenvalue weighted by Gasteiger charge is 2.25. The van der Waals surface area contributed by atoms with E-state index in [9.17, 15) is 22.0 Å². The van der Waals surface area contributed by atoms with Crippen molar-refractivity contribution in [1.29, 1.82) is 0 Å². The summed E-state index contributed by atoms with van der Waals surface area (Å²) in [5.74, 6) is -3.96. The molecular weight excluding hydrogens is 306 g/mol. The molecule has 3 N–H and O–H groups in total. The molecule has 1 aromatic carbocycles. The number of hydrogen-bond acceptors (Lipinski definition) is 4. The minimum absolute atomic E-state index is 0.329. The van der Waals surface area contributed by atoms with Crippen molar-refractivity contribution < 1.29 is 26.7 Å². The molecule has 0 unspecified atom stereocenters. The fourth-order valence-electron chi connectivity index (χ4n) is 2.06. The van der Waals surface area contributed by atoms with Crippen molar-refractivity contribution in [3.63, 3.8) is 0 Å². The van der Waals surface area contributed by atoms with Gasteiger partial charge in [-0.2, -0.15) is 0 Å². The van der Waals surface area contributed by atoms with Gasteiger partial charge in [-0.3, -0.25) is 9.52 Å². The van der Waals surface area contributed by atoms with Gasteiger partial charge in [0.15, 0.2) is 11.6 Å². The van der Waals surface area contributed by atoms with Gasteiger partial charge >= 0.3 is 0 Å². The van der Waals surface area contributed by atoms with Crippen molar-refractivity contribution >= 4 is 21.6 Å². The van der Waals surface area contributed by atoms with E-state index in [0.717, 1.165) is 6.42 Å². The Morgan fingerprint density at radius 3 is 2.62 bits per heavy atom. The fraction of sp³-hybridized carbons (Fsp3) is 0.417. The molecule has 1 aliphatic rings. The van der Waals surface area contributed by atoms with Crippen LogP contribution in [0, 0.1) is 11.6 Å². The summed E-state index contributed by atoms with van der Waals surface area (Å²) < 4.78 is 57.5. The highest BCUT2D eigenvalue weighted by atomic mass is 32.2. The van der Waals surface area contributed by atoms with E-state index < -0.39 is 39.2 Å². The first kappa shape index (κ1) is 15.6. The number of benzene rings is 1. The molecule has 0 bridgehead atoms. The lowest BCUT2D eigenvalue weighted by molar-refractivity contribution is 0.100. The Balaban J connectivity index is 2.25. The van der Waals surface area contributed by atoms with Gasteiger partial charge in [-0.05, 0) is 18.9 Å². The smallest absolute Gasteiger partial charge is 0.250 e. The molecule has 1 saturated heterocycles. The monoisotopic (exact) mass is 320 g/mol. The van der Waals surface area contributed by atoms with Gasteiger partial charge in [0.1, 0.15) is 0 Å². The molecular formula is C12H14F2N2O4S. The van der Waals surface area contributed by atoms with Crippen LogP contribution >= 0.6 is 0 Å². The van der Waals surface area contributed by atoms with Crippen LogP contribution in [-0.2, 0) is 14.8 Å². The molecule has 1 amide bonds. The van der Waals surface area contributed by atoms with Gasteiger partial charge in [0.2, 0.25) is 10.0 Å². The van der Waals surface area contributed by atoms with Crippen LogP contribution in [0.15, 0.2) is 12.1 Å².